The Balaban J connectivity index is 2.37. The first-order valence-corrected chi connectivity index (χ1v) is 13.9. The van der Waals surface area contributed by atoms with E-state index in [9.17, 15) is 4.79 Å². The number of unbranched alkanes of at least 4 members (excludes halogenated alkanes) is 1. The van der Waals surface area contributed by atoms with Crippen LogP contribution in [0.3, 0.4) is 0 Å². The number of aromatic nitrogens is 2. The predicted molar refractivity (Wildman–Crippen MR) is 156 cm³/mol. The predicted octanol–water partition coefficient (Wildman–Crippen LogP) is 7.51. The second-order valence-electron chi connectivity index (χ2n) is 8.21. The molecule has 1 aromatic rings. The van der Waals surface area contributed by atoms with E-state index in [1.807, 2.05) is 56.3 Å². The highest BCUT2D eigenvalue weighted by molar-refractivity contribution is 8.06. The Morgan fingerprint density at radius 2 is 1.97 bits per heavy atom. The minimum absolute atomic E-state index is 0.0347. The normalized spacial score (nSPS) is 12.3. The van der Waals surface area contributed by atoms with Gasteiger partial charge in [0.1, 0.15) is 0 Å². The number of anilines is 1. The van der Waals surface area contributed by atoms with Crippen LogP contribution in [-0.2, 0) is 11.2 Å². The Labute approximate surface area is 220 Å². The third-order valence-corrected chi connectivity index (χ3v) is 7.31. The van der Waals surface area contributed by atoms with Crippen molar-refractivity contribution in [2.45, 2.75) is 57.6 Å². The second kappa shape index (κ2) is 17.0. The molecule has 35 heavy (non-hydrogen) atoms. The van der Waals surface area contributed by atoms with Crippen LogP contribution in [0.5, 0.6) is 0 Å². The average Bonchev–Trinajstić information content (AvgIpc) is 2.84. The summed E-state index contributed by atoms with van der Waals surface area (Å²) in [5, 5.41) is 12.4. The van der Waals surface area contributed by atoms with Crippen molar-refractivity contribution in [1.82, 2.24) is 15.1 Å². The fourth-order valence-electron chi connectivity index (χ4n) is 2.99. The number of rotatable bonds is 17. The van der Waals surface area contributed by atoms with Crippen molar-refractivity contribution in [3.05, 3.63) is 89.7 Å². The minimum Gasteiger partial charge on any atom is -0.343 e. The molecule has 0 spiro atoms. The van der Waals surface area contributed by atoms with Crippen molar-refractivity contribution < 1.29 is 4.79 Å². The lowest BCUT2D eigenvalue weighted by atomic mass is 10.1. The standard InChI is InChI=1S/C28H40N4OS2/c1-9-11-15-25(10-2)19-21(3)32(7)24(6)35-22(4)14-12-13-16-26-17-18-27(31-30-26)29-28(33)20-23(5)34-8/h9-11,15,17-18,23H,1,3-4,6,12-14,16,19-20H2,2,5,7-8H3,(H,29,31,33)/b15-11-,25-10+. The summed E-state index contributed by atoms with van der Waals surface area (Å²) in [6, 6.07) is 3.74. The highest BCUT2D eigenvalue weighted by Crippen LogP contribution is 2.31. The zero-order valence-corrected chi connectivity index (χ0v) is 23.3. The van der Waals surface area contributed by atoms with E-state index in [4.69, 9.17) is 0 Å². The van der Waals surface area contributed by atoms with Crippen LogP contribution in [0.2, 0.25) is 0 Å². The molecule has 0 aliphatic carbocycles. The number of hydrogen-bond donors (Lipinski definition) is 1. The molecule has 1 heterocycles. The van der Waals surface area contributed by atoms with Crippen LogP contribution in [0, 0.1) is 0 Å². The number of allylic oxidation sites excluding steroid dienone is 6. The number of carbonyl (C=O) groups excluding carboxylic acids is 1. The van der Waals surface area contributed by atoms with Gasteiger partial charge in [0.2, 0.25) is 5.91 Å². The van der Waals surface area contributed by atoms with E-state index in [0.717, 1.165) is 53.4 Å². The summed E-state index contributed by atoms with van der Waals surface area (Å²) in [7, 11) is 1.99. The van der Waals surface area contributed by atoms with E-state index in [1.54, 1.807) is 29.6 Å². The summed E-state index contributed by atoms with van der Waals surface area (Å²) >= 11 is 3.27. The minimum atomic E-state index is -0.0347. The molecule has 1 unspecified atom stereocenters. The Bertz CT molecular complexity index is 935. The topological polar surface area (TPSA) is 58.1 Å². The van der Waals surface area contributed by atoms with Crippen LogP contribution in [-0.4, -0.2) is 39.6 Å². The highest BCUT2D eigenvalue weighted by atomic mass is 32.2. The van der Waals surface area contributed by atoms with Gasteiger partial charge in [-0.25, -0.2) is 0 Å². The van der Waals surface area contributed by atoms with Gasteiger partial charge in [0.05, 0.1) is 10.7 Å². The Kier molecular flexibility index (Phi) is 14.8. The van der Waals surface area contributed by atoms with Crippen LogP contribution in [0.4, 0.5) is 5.82 Å². The molecule has 0 aromatic carbocycles. The Morgan fingerprint density at radius 1 is 1.23 bits per heavy atom. The van der Waals surface area contributed by atoms with Crippen LogP contribution < -0.4 is 5.32 Å². The third kappa shape index (κ3) is 12.7. The van der Waals surface area contributed by atoms with Gasteiger partial charge in [-0.2, -0.15) is 16.9 Å². The summed E-state index contributed by atoms with van der Waals surface area (Å²) in [5.74, 6) is 0.465. The number of nitrogens with zero attached hydrogens (tertiary/aromatic N) is 3. The Morgan fingerprint density at radius 3 is 2.57 bits per heavy atom. The maximum absolute atomic E-state index is 12.0. The van der Waals surface area contributed by atoms with Crippen molar-refractivity contribution >= 4 is 35.2 Å². The van der Waals surface area contributed by atoms with Gasteiger partial charge < -0.3 is 10.2 Å². The zero-order valence-electron chi connectivity index (χ0n) is 21.7. The molecule has 1 N–H and O–H groups in total. The van der Waals surface area contributed by atoms with Gasteiger partial charge in [-0.15, -0.1) is 5.10 Å². The number of carbonyl (C=O) groups is 1. The molecule has 190 valence electrons. The maximum Gasteiger partial charge on any atom is 0.226 e. The van der Waals surface area contributed by atoms with Crippen LogP contribution >= 0.6 is 23.5 Å². The van der Waals surface area contributed by atoms with Gasteiger partial charge >= 0.3 is 0 Å². The molecule has 1 rings (SSSR count). The van der Waals surface area contributed by atoms with Crippen LogP contribution in [0.15, 0.2) is 84.0 Å². The van der Waals surface area contributed by atoms with E-state index in [2.05, 4.69) is 47.9 Å². The molecule has 0 saturated heterocycles. The number of thioether (sulfide) groups is 2. The second-order valence-corrected chi connectivity index (χ2v) is 10.7. The fourth-order valence-corrected chi connectivity index (χ4v) is 4.16. The molecule has 1 amide bonds. The van der Waals surface area contributed by atoms with E-state index >= 15 is 0 Å². The molecule has 0 aliphatic heterocycles. The maximum atomic E-state index is 12.0. The molecule has 0 radical (unpaired) electrons. The summed E-state index contributed by atoms with van der Waals surface area (Å²) in [4.78, 5) is 15.1. The van der Waals surface area contributed by atoms with Gasteiger partial charge in [-0.05, 0) is 61.5 Å². The smallest absolute Gasteiger partial charge is 0.226 e. The molecule has 0 aliphatic rings. The molecule has 5 nitrogen and oxygen atoms in total. The lowest BCUT2D eigenvalue weighted by Gasteiger charge is -2.24. The van der Waals surface area contributed by atoms with Crippen molar-refractivity contribution in [3.63, 3.8) is 0 Å². The molecule has 7 heteroatoms. The third-order valence-electron chi connectivity index (χ3n) is 5.34. The first-order valence-electron chi connectivity index (χ1n) is 11.8. The number of amides is 1. The van der Waals surface area contributed by atoms with Crippen molar-refractivity contribution in [3.8, 4) is 0 Å². The van der Waals surface area contributed by atoms with E-state index in [0.29, 0.717) is 12.2 Å². The molecule has 0 bridgehead atoms. The summed E-state index contributed by atoms with van der Waals surface area (Å²) < 4.78 is 0. The highest BCUT2D eigenvalue weighted by Gasteiger charge is 2.11. The first kappa shape index (κ1) is 30.5. The zero-order chi connectivity index (χ0) is 26.2. The number of hydrogen-bond acceptors (Lipinski definition) is 6. The number of nitrogens with one attached hydrogen (secondary N) is 1. The molecule has 1 atom stereocenters. The SMILES string of the molecule is C=C/C=C\C(=C/C)CC(=C)N(C)C(=C)SC(=C)CCCCc1ccc(NC(=O)CC(C)SC)nn1. The van der Waals surface area contributed by atoms with Gasteiger partial charge in [-0.3, -0.25) is 4.79 Å². The van der Waals surface area contributed by atoms with Gasteiger partial charge in [0.15, 0.2) is 5.82 Å². The molecular formula is C28H40N4OS2. The van der Waals surface area contributed by atoms with Crippen molar-refractivity contribution in [1.29, 1.82) is 0 Å². The Hall–Kier alpha value is -2.51. The molecule has 0 fully saturated rings. The molecule has 1 aromatic heterocycles. The van der Waals surface area contributed by atoms with Crippen LogP contribution in [0.1, 0.15) is 51.6 Å². The van der Waals surface area contributed by atoms with Gasteiger partial charge in [-0.1, -0.05) is 69.3 Å². The summed E-state index contributed by atoms with van der Waals surface area (Å²) in [6.45, 7) is 20.4. The fraction of sp³-hybridized carbons (Fsp3) is 0.393. The van der Waals surface area contributed by atoms with Crippen molar-refractivity contribution in [2.24, 2.45) is 0 Å². The van der Waals surface area contributed by atoms with E-state index in [1.165, 1.54) is 5.57 Å². The van der Waals surface area contributed by atoms with Crippen LogP contribution in [0.25, 0.3) is 0 Å². The average molecular weight is 513 g/mol. The van der Waals surface area contributed by atoms with E-state index in [-0.39, 0.29) is 11.2 Å². The summed E-state index contributed by atoms with van der Waals surface area (Å²) in [6.07, 6.45) is 14.8. The van der Waals surface area contributed by atoms with Crippen molar-refractivity contribution in [2.75, 3.05) is 18.6 Å². The largest absolute Gasteiger partial charge is 0.343 e. The molecular weight excluding hydrogens is 472 g/mol. The lowest BCUT2D eigenvalue weighted by Crippen LogP contribution is -2.17. The van der Waals surface area contributed by atoms with E-state index < -0.39 is 0 Å². The lowest BCUT2D eigenvalue weighted by molar-refractivity contribution is -0.116. The molecule has 0 saturated carbocycles. The first-order chi connectivity index (χ1) is 16.7. The number of aryl methyl sites for hydroxylation is 1. The quantitative estimate of drug-likeness (QED) is 0.172. The monoisotopic (exact) mass is 512 g/mol. The van der Waals surface area contributed by atoms with Gasteiger partial charge in [0.25, 0.3) is 0 Å². The van der Waals surface area contributed by atoms with Gasteiger partial charge in [0, 0.05) is 30.8 Å². The summed E-state index contributed by atoms with van der Waals surface area (Å²) in [5.41, 5.74) is 3.08.